The van der Waals surface area contributed by atoms with Gasteiger partial charge in [0.05, 0.1) is 16.6 Å². The highest BCUT2D eigenvalue weighted by molar-refractivity contribution is 7.90. The number of sulfone groups is 1. The SMILES string of the molecule is CC(C)Oc1ccc(S(C)(=O)=O)cc1C(=O)N1CCN(C(=O)OC(C)(C)C)CC1. The van der Waals surface area contributed by atoms with Crippen molar-refractivity contribution in [3.63, 3.8) is 0 Å². The molecule has 1 aliphatic rings. The summed E-state index contributed by atoms with van der Waals surface area (Å²) < 4.78 is 34.9. The highest BCUT2D eigenvalue weighted by Gasteiger charge is 2.29. The summed E-state index contributed by atoms with van der Waals surface area (Å²) in [6, 6.07) is 4.31. The zero-order valence-electron chi connectivity index (χ0n) is 17.9. The minimum atomic E-state index is -3.47. The van der Waals surface area contributed by atoms with E-state index in [2.05, 4.69) is 0 Å². The highest BCUT2D eigenvalue weighted by Crippen LogP contribution is 2.26. The Hall–Kier alpha value is -2.29. The molecule has 2 rings (SSSR count). The number of benzene rings is 1. The molecule has 0 N–H and O–H groups in total. The van der Waals surface area contributed by atoms with Crippen LogP contribution in [0, 0.1) is 0 Å². The van der Waals surface area contributed by atoms with Crippen molar-refractivity contribution in [2.24, 2.45) is 0 Å². The number of hydrogen-bond donors (Lipinski definition) is 0. The van der Waals surface area contributed by atoms with Gasteiger partial charge in [-0.15, -0.1) is 0 Å². The third-order valence-corrected chi connectivity index (χ3v) is 5.30. The largest absolute Gasteiger partial charge is 0.490 e. The predicted octanol–water partition coefficient (Wildman–Crippen LogP) is 2.57. The average molecular weight is 427 g/mol. The molecule has 1 heterocycles. The van der Waals surface area contributed by atoms with Crippen LogP contribution in [-0.2, 0) is 14.6 Å². The van der Waals surface area contributed by atoms with Crippen molar-refractivity contribution in [2.75, 3.05) is 32.4 Å². The fraction of sp³-hybridized carbons (Fsp3) is 0.600. The van der Waals surface area contributed by atoms with Crippen molar-refractivity contribution in [3.05, 3.63) is 23.8 Å². The summed E-state index contributed by atoms with van der Waals surface area (Å²) in [4.78, 5) is 28.5. The fourth-order valence-electron chi connectivity index (χ4n) is 2.85. The van der Waals surface area contributed by atoms with Crippen LogP contribution in [-0.4, -0.2) is 74.4 Å². The third kappa shape index (κ3) is 6.35. The monoisotopic (exact) mass is 426 g/mol. The maximum atomic E-state index is 13.1. The second-order valence-electron chi connectivity index (χ2n) is 8.36. The van der Waals surface area contributed by atoms with E-state index in [0.29, 0.717) is 31.9 Å². The van der Waals surface area contributed by atoms with Crippen LogP contribution < -0.4 is 4.74 Å². The summed E-state index contributed by atoms with van der Waals surface area (Å²) in [5.74, 6) is 0.0157. The van der Waals surface area contributed by atoms with Gasteiger partial charge in [0.2, 0.25) is 0 Å². The molecule has 162 valence electrons. The molecule has 1 aromatic carbocycles. The molecule has 0 atom stereocenters. The molecule has 9 heteroatoms. The van der Waals surface area contributed by atoms with Gasteiger partial charge in [0.1, 0.15) is 11.4 Å². The van der Waals surface area contributed by atoms with E-state index in [9.17, 15) is 18.0 Å². The van der Waals surface area contributed by atoms with Gasteiger partial charge in [0.25, 0.3) is 5.91 Å². The Labute approximate surface area is 172 Å². The Balaban J connectivity index is 2.19. The molecule has 0 saturated carbocycles. The van der Waals surface area contributed by atoms with E-state index in [1.807, 2.05) is 13.8 Å². The lowest BCUT2D eigenvalue weighted by Gasteiger charge is -2.35. The van der Waals surface area contributed by atoms with Gasteiger partial charge in [-0.2, -0.15) is 0 Å². The molecule has 0 spiro atoms. The molecular weight excluding hydrogens is 396 g/mol. The molecule has 1 aromatic rings. The van der Waals surface area contributed by atoms with Crippen LogP contribution in [0.5, 0.6) is 5.75 Å². The van der Waals surface area contributed by atoms with Gasteiger partial charge in [0, 0.05) is 32.4 Å². The Morgan fingerprint density at radius 1 is 1.03 bits per heavy atom. The lowest BCUT2D eigenvalue weighted by Crippen LogP contribution is -2.51. The van der Waals surface area contributed by atoms with Crippen molar-refractivity contribution < 1.29 is 27.5 Å². The van der Waals surface area contributed by atoms with Crippen molar-refractivity contribution in [1.29, 1.82) is 0 Å². The lowest BCUT2D eigenvalue weighted by atomic mass is 10.1. The number of rotatable bonds is 4. The van der Waals surface area contributed by atoms with E-state index >= 15 is 0 Å². The Kier molecular flexibility index (Phi) is 6.82. The smallest absolute Gasteiger partial charge is 0.410 e. The second kappa shape index (κ2) is 8.61. The summed E-state index contributed by atoms with van der Waals surface area (Å²) in [5, 5.41) is 0. The zero-order valence-corrected chi connectivity index (χ0v) is 18.7. The summed E-state index contributed by atoms with van der Waals surface area (Å²) in [5.41, 5.74) is -0.383. The number of carbonyl (C=O) groups is 2. The summed E-state index contributed by atoms with van der Waals surface area (Å²) in [7, 11) is -3.47. The number of ether oxygens (including phenoxy) is 2. The maximum Gasteiger partial charge on any atom is 0.410 e. The van der Waals surface area contributed by atoms with Crippen molar-refractivity contribution in [3.8, 4) is 5.75 Å². The topological polar surface area (TPSA) is 93.2 Å². The molecule has 0 bridgehead atoms. The van der Waals surface area contributed by atoms with Gasteiger partial charge in [-0.1, -0.05) is 0 Å². The molecule has 1 fully saturated rings. The van der Waals surface area contributed by atoms with Gasteiger partial charge in [-0.25, -0.2) is 13.2 Å². The second-order valence-corrected chi connectivity index (χ2v) is 10.4. The van der Waals surface area contributed by atoms with Gasteiger partial charge >= 0.3 is 6.09 Å². The summed E-state index contributed by atoms with van der Waals surface area (Å²) in [6.45, 7) is 10.4. The molecular formula is C20H30N2O6S. The van der Waals surface area contributed by atoms with Gasteiger partial charge in [-0.05, 0) is 52.8 Å². The van der Waals surface area contributed by atoms with Crippen LogP contribution in [0.25, 0.3) is 0 Å². The first kappa shape index (κ1) is 23.0. The molecule has 1 saturated heterocycles. The van der Waals surface area contributed by atoms with Gasteiger partial charge in [-0.3, -0.25) is 4.79 Å². The number of nitrogens with zero attached hydrogens (tertiary/aromatic N) is 2. The summed E-state index contributed by atoms with van der Waals surface area (Å²) in [6.07, 6.45) is 0.515. The molecule has 0 unspecified atom stereocenters. The Morgan fingerprint density at radius 3 is 2.07 bits per heavy atom. The average Bonchev–Trinajstić information content (AvgIpc) is 2.58. The number of amides is 2. The van der Waals surface area contributed by atoms with Crippen LogP contribution in [0.15, 0.2) is 23.1 Å². The molecule has 2 amide bonds. The molecule has 0 radical (unpaired) electrons. The highest BCUT2D eigenvalue weighted by atomic mass is 32.2. The van der Waals surface area contributed by atoms with Crippen LogP contribution in [0.4, 0.5) is 4.79 Å². The maximum absolute atomic E-state index is 13.1. The Bertz CT molecular complexity index is 865. The third-order valence-electron chi connectivity index (χ3n) is 4.19. The van der Waals surface area contributed by atoms with E-state index in [0.717, 1.165) is 6.26 Å². The molecule has 8 nitrogen and oxygen atoms in total. The Morgan fingerprint density at radius 2 is 1.59 bits per heavy atom. The minimum Gasteiger partial charge on any atom is -0.490 e. The molecule has 1 aliphatic heterocycles. The lowest BCUT2D eigenvalue weighted by molar-refractivity contribution is 0.0140. The first-order valence-electron chi connectivity index (χ1n) is 9.56. The minimum absolute atomic E-state index is 0.0596. The van der Waals surface area contributed by atoms with Crippen LogP contribution in [0.3, 0.4) is 0 Å². The van der Waals surface area contributed by atoms with E-state index < -0.39 is 21.5 Å². The molecule has 29 heavy (non-hydrogen) atoms. The van der Waals surface area contributed by atoms with E-state index in [1.165, 1.54) is 18.2 Å². The predicted molar refractivity (Wildman–Crippen MR) is 109 cm³/mol. The molecule has 0 aromatic heterocycles. The standard InChI is InChI=1S/C20H30N2O6S/c1-14(2)27-17-8-7-15(29(6,25)26)13-16(17)18(23)21-9-11-22(12-10-21)19(24)28-20(3,4)5/h7-8,13-14H,9-12H2,1-6H3. The van der Waals surface area contributed by atoms with Crippen molar-refractivity contribution in [2.45, 2.75) is 51.2 Å². The zero-order chi connectivity index (χ0) is 22.0. The first-order valence-corrected chi connectivity index (χ1v) is 11.4. The quantitative estimate of drug-likeness (QED) is 0.735. The molecule has 0 aliphatic carbocycles. The fourth-order valence-corrected chi connectivity index (χ4v) is 3.50. The summed E-state index contributed by atoms with van der Waals surface area (Å²) >= 11 is 0. The number of carbonyl (C=O) groups excluding carboxylic acids is 2. The normalized spacial score (nSPS) is 15.4. The van der Waals surface area contributed by atoms with Crippen LogP contribution >= 0.6 is 0 Å². The van der Waals surface area contributed by atoms with Gasteiger partial charge < -0.3 is 19.3 Å². The van der Waals surface area contributed by atoms with Crippen molar-refractivity contribution in [1.82, 2.24) is 9.80 Å². The first-order chi connectivity index (χ1) is 13.3. The van der Waals surface area contributed by atoms with Crippen LogP contribution in [0.1, 0.15) is 45.0 Å². The van der Waals surface area contributed by atoms with Gasteiger partial charge in [0.15, 0.2) is 9.84 Å². The van der Waals surface area contributed by atoms with E-state index in [4.69, 9.17) is 9.47 Å². The van der Waals surface area contributed by atoms with E-state index in [1.54, 1.807) is 30.6 Å². The van der Waals surface area contributed by atoms with Crippen LogP contribution in [0.2, 0.25) is 0 Å². The van der Waals surface area contributed by atoms with E-state index in [-0.39, 0.29) is 22.5 Å². The number of hydrogen-bond acceptors (Lipinski definition) is 6. The number of piperazine rings is 1. The van der Waals surface area contributed by atoms with Crippen molar-refractivity contribution >= 4 is 21.8 Å².